The number of aliphatic carboxylic acids is 1. The van der Waals surface area contributed by atoms with Gasteiger partial charge in [0.15, 0.2) is 12.4 Å². The Morgan fingerprint density at radius 1 is 1.19 bits per heavy atom. The van der Waals surface area contributed by atoms with Gasteiger partial charge < -0.3 is 19.3 Å². The number of ether oxygens (including phenoxy) is 3. The second kappa shape index (κ2) is 8.36. The molecule has 2 aromatic rings. The summed E-state index contributed by atoms with van der Waals surface area (Å²) in [6.07, 6.45) is 0. The van der Waals surface area contributed by atoms with Crippen LogP contribution in [0.5, 0.6) is 17.2 Å². The number of benzene rings is 2. The summed E-state index contributed by atoms with van der Waals surface area (Å²) in [7, 11) is 0. The van der Waals surface area contributed by atoms with Gasteiger partial charge in [0.05, 0.1) is 17.3 Å². The molecule has 160 valence electrons. The Morgan fingerprint density at radius 3 is 2.58 bits per heavy atom. The maximum absolute atomic E-state index is 13.5. The Hall–Kier alpha value is -4.06. The Kier molecular flexibility index (Phi) is 5.83. The van der Waals surface area contributed by atoms with Crippen LogP contribution < -0.4 is 14.4 Å². The molecule has 0 spiro atoms. The van der Waals surface area contributed by atoms with Gasteiger partial charge in [0, 0.05) is 0 Å². The number of hydrogen-bond donors (Lipinski definition) is 1. The van der Waals surface area contributed by atoms with Crippen LogP contribution in [0.4, 0.5) is 5.69 Å². The van der Waals surface area contributed by atoms with Crippen molar-refractivity contribution in [2.75, 3.05) is 18.1 Å². The number of rotatable bonds is 5. The van der Waals surface area contributed by atoms with E-state index in [2.05, 4.69) is 0 Å². The molecule has 0 saturated heterocycles. The zero-order chi connectivity index (χ0) is 22.8. The van der Waals surface area contributed by atoms with Crippen LogP contribution in [-0.2, 0) is 14.3 Å². The van der Waals surface area contributed by atoms with Gasteiger partial charge in [-0.2, -0.15) is 5.26 Å². The van der Waals surface area contributed by atoms with E-state index in [-0.39, 0.29) is 34.1 Å². The summed E-state index contributed by atoms with van der Waals surface area (Å²) >= 11 is 0. The number of anilines is 1. The molecular formula is C22H20N2O7. The lowest BCUT2D eigenvalue weighted by Crippen LogP contribution is -2.38. The highest BCUT2D eigenvalue weighted by atomic mass is 16.6. The Labute approximate surface area is 178 Å². The van der Waals surface area contributed by atoms with E-state index in [4.69, 9.17) is 19.3 Å². The third kappa shape index (κ3) is 4.93. The second-order valence-electron chi connectivity index (χ2n) is 7.69. The van der Waals surface area contributed by atoms with Crippen LogP contribution >= 0.6 is 0 Å². The van der Waals surface area contributed by atoms with Crippen molar-refractivity contribution in [2.45, 2.75) is 26.4 Å². The zero-order valence-corrected chi connectivity index (χ0v) is 17.2. The number of carboxylic acid groups (broad SMARTS) is 1. The molecule has 31 heavy (non-hydrogen) atoms. The fourth-order valence-electron chi connectivity index (χ4n) is 2.97. The van der Waals surface area contributed by atoms with Gasteiger partial charge in [0.1, 0.15) is 29.2 Å². The molecule has 0 bridgehead atoms. The standard InChI is InChI=1S/C22H20N2O7/c1-22(2,3)31-19(27)11-24-14-9-13(10-23)7-8-15(14)30-17-6-4-5-16(20(17)21(24)28)29-12-18(25)26/h4-9H,11-12H2,1-3H3,(H,25,26). The van der Waals surface area contributed by atoms with Crippen LogP contribution in [0.3, 0.4) is 0 Å². The summed E-state index contributed by atoms with van der Waals surface area (Å²) in [6, 6.07) is 11.0. The first-order chi connectivity index (χ1) is 14.6. The van der Waals surface area contributed by atoms with Gasteiger partial charge in [0.2, 0.25) is 0 Å². The lowest BCUT2D eigenvalue weighted by atomic mass is 10.1. The summed E-state index contributed by atoms with van der Waals surface area (Å²) in [6.45, 7) is 3.99. The van der Waals surface area contributed by atoms with Gasteiger partial charge in [-0.1, -0.05) is 6.07 Å². The number of nitrogens with zero attached hydrogens (tertiary/aromatic N) is 2. The minimum absolute atomic E-state index is 0.00704. The Morgan fingerprint density at radius 2 is 1.94 bits per heavy atom. The summed E-state index contributed by atoms with van der Waals surface area (Å²) in [4.78, 5) is 38.1. The Bertz CT molecular complexity index is 1100. The van der Waals surface area contributed by atoms with Gasteiger partial charge in [0.25, 0.3) is 5.91 Å². The fraction of sp³-hybridized carbons (Fsp3) is 0.273. The van der Waals surface area contributed by atoms with Crippen molar-refractivity contribution < 1.29 is 33.7 Å². The van der Waals surface area contributed by atoms with E-state index in [1.807, 2.05) is 6.07 Å². The van der Waals surface area contributed by atoms with Gasteiger partial charge in [-0.3, -0.25) is 14.5 Å². The van der Waals surface area contributed by atoms with Crippen LogP contribution in [0.1, 0.15) is 36.7 Å². The van der Waals surface area contributed by atoms with Crippen molar-refractivity contribution in [1.29, 1.82) is 5.26 Å². The van der Waals surface area contributed by atoms with E-state index >= 15 is 0 Å². The van der Waals surface area contributed by atoms with Crippen molar-refractivity contribution in [3.8, 4) is 23.3 Å². The molecule has 3 rings (SSSR count). The monoisotopic (exact) mass is 424 g/mol. The lowest BCUT2D eigenvalue weighted by Gasteiger charge is -2.25. The number of nitriles is 1. The number of esters is 1. The quantitative estimate of drug-likeness (QED) is 0.726. The van der Waals surface area contributed by atoms with Crippen molar-refractivity contribution in [3.05, 3.63) is 47.5 Å². The van der Waals surface area contributed by atoms with Gasteiger partial charge in [-0.15, -0.1) is 0 Å². The predicted molar refractivity (Wildman–Crippen MR) is 108 cm³/mol. The predicted octanol–water partition coefficient (Wildman–Crippen LogP) is 3.12. The van der Waals surface area contributed by atoms with E-state index < -0.39 is 36.6 Å². The number of carbonyl (C=O) groups excluding carboxylic acids is 2. The average Bonchev–Trinajstić information content (AvgIpc) is 2.79. The van der Waals surface area contributed by atoms with Crippen LogP contribution in [-0.4, -0.2) is 41.7 Å². The van der Waals surface area contributed by atoms with Crippen LogP contribution in [0, 0.1) is 11.3 Å². The molecule has 0 radical (unpaired) electrons. The maximum Gasteiger partial charge on any atom is 0.341 e. The summed E-state index contributed by atoms with van der Waals surface area (Å²) in [5.41, 5.74) is -0.344. The molecule has 2 aromatic carbocycles. The van der Waals surface area contributed by atoms with Gasteiger partial charge in [-0.25, -0.2) is 4.79 Å². The summed E-state index contributed by atoms with van der Waals surface area (Å²) < 4.78 is 16.5. The van der Waals surface area contributed by atoms with E-state index in [0.29, 0.717) is 0 Å². The number of hydrogen-bond acceptors (Lipinski definition) is 7. The first-order valence-corrected chi connectivity index (χ1v) is 9.32. The molecule has 9 nitrogen and oxygen atoms in total. The molecule has 0 aromatic heterocycles. The molecule has 1 heterocycles. The van der Waals surface area contributed by atoms with E-state index in [0.717, 1.165) is 4.90 Å². The van der Waals surface area contributed by atoms with E-state index in [9.17, 15) is 19.6 Å². The number of carboxylic acids is 1. The van der Waals surface area contributed by atoms with Crippen LogP contribution in [0.2, 0.25) is 0 Å². The van der Waals surface area contributed by atoms with E-state index in [1.165, 1.54) is 30.3 Å². The van der Waals surface area contributed by atoms with Crippen molar-refractivity contribution in [1.82, 2.24) is 0 Å². The number of fused-ring (bicyclic) bond motifs is 2. The fourth-order valence-corrected chi connectivity index (χ4v) is 2.97. The SMILES string of the molecule is CC(C)(C)OC(=O)CN1C(=O)c2c(OCC(=O)O)cccc2Oc2ccc(C#N)cc21. The third-order valence-electron chi connectivity index (χ3n) is 4.10. The molecule has 0 saturated carbocycles. The normalized spacial score (nSPS) is 12.6. The molecule has 1 aliphatic rings. The highest BCUT2D eigenvalue weighted by Gasteiger charge is 2.34. The van der Waals surface area contributed by atoms with Crippen molar-refractivity contribution in [3.63, 3.8) is 0 Å². The zero-order valence-electron chi connectivity index (χ0n) is 17.2. The van der Waals surface area contributed by atoms with Crippen molar-refractivity contribution >= 4 is 23.5 Å². The molecule has 1 amide bonds. The maximum atomic E-state index is 13.5. The molecule has 0 unspecified atom stereocenters. The van der Waals surface area contributed by atoms with Gasteiger partial charge in [-0.05, 0) is 51.1 Å². The Balaban J connectivity index is 2.10. The molecular weight excluding hydrogens is 404 g/mol. The summed E-state index contributed by atoms with van der Waals surface area (Å²) in [5, 5.41) is 18.2. The molecule has 0 aliphatic carbocycles. The highest BCUT2D eigenvalue weighted by Crippen LogP contribution is 2.42. The number of carbonyl (C=O) groups is 3. The minimum atomic E-state index is -1.22. The lowest BCUT2D eigenvalue weighted by molar-refractivity contribution is -0.152. The first-order valence-electron chi connectivity index (χ1n) is 9.32. The van der Waals surface area contributed by atoms with Gasteiger partial charge >= 0.3 is 11.9 Å². The van der Waals surface area contributed by atoms with Crippen molar-refractivity contribution in [2.24, 2.45) is 0 Å². The number of amides is 1. The van der Waals surface area contributed by atoms with Crippen LogP contribution in [0.15, 0.2) is 36.4 Å². The van der Waals surface area contributed by atoms with E-state index in [1.54, 1.807) is 26.8 Å². The summed E-state index contributed by atoms with van der Waals surface area (Å²) in [5.74, 6) is -2.17. The minimum Gasteiger partial charge on any atom is -0.481 e. The first kappa shape index (κ1) is 21.6. The molecule has 1 N–H and O–H groups in total. The smallest absolute Gasteiger partial charge is 0.341 e. The topological polar surface area (TPSA) is 126 Å². The third-order valence-corrected chi connectivity index (χ3v) is 4.10. The average molecular weight is 424 g/mol. The molecule has 0 atom stereocenters. The molecule has 0 fully saturated rings. The van der Waals surface area contributed by atoms with Crippen LogP contribution in [0.25, 0.3) is 0 Å². The largest absolute Gasteiger partial charge is 0.481 e. The second-order valence-corrected chi connectivity index (χ2v) is 7.69. The molecule has 9 heteroatoms. The molecule has 1 aliphatic heterocycles. The highest BCUT2D eigenvalue weighted by molar-refractivity contribution is 6.13.